The van der Waals surface area contributed by atoms with Crippen LogP contribution in [0, 0.1) is 20.8 Å². The van der Waals surface area contributed by atoms with Crippen molar-refractivity contribution in [1.82, 2.24) is 18.8 Å². The predicted octanol–water partition coefficient (Wildman–Crippen LogP) is 4.83. The van der Waals surface area contributed by atoms with Gasteiger partial charge in [0.25, 0.3) is 5.56 Å². The molecule has 0 spiro atoms. The second kappa shape index (κ2) is 10.7. The number of nitrogens with zero attached hydrogens (tertiary/aromatic N) is 4. The minimum Gasteiger partial charge on any atom is -0.291 e. The second-order valence-corrected chi connectivity index (χ2v) is 12.6. The molecular formula is C31H36N4O3S. The third-order valence-corrected chi connectivity index (χ3v) is 10.1. The molecule has 1 saturated heterocycles. The fraction of sp³-hybridized carbons (Fsp3) is 0.355. The number of para-hydroxylation sites is 1. The van der Waals surface area contributed by atoms with Crippen LogP contribution in [0.4, 0.5) is 0 Å². The molecule has 0 saturated carbocycles. The van der Waals surface area contributed by atoms with Gasteiger partial charge in [-0.1, -0.05) is 60.2 Å². The first-order chi connectivity index (χ1) is 18.6. The van der Waals surface area contributed by atoms with Gasteiger partial charge in [0.2, 0.25) is 10.0 Å². The van der Waals surface area contributed by atoms with E-state index in [4.69, 9.17) is 4.98 Å². The van der Waals surface area contributed by atoms with E-state index >= 15 is 0 Å². The summed E-state index contributed by atoms with van der Waals surface area (Å²) in [6.07, 6.45) is 0. The molecule has 0 aliphatic carbocycles. The Morgan fingerprint density at radius 2 is 1.59 bits per heavy atom. The summed E-state index contributed by atoms with van der Waals surface area (Å²) in [5.74, 6) is 0.691. The minimum atomic E-state index is -3.65. The normalized spacial score (nSPS) is 17.9. The van der Waals surface area contributed by atoms with Crippen LogP contribution in [0.15, 0.2) is 76.4 Å². The van der Waals surface area contributed by atoms with Crippen LogP contribution in [-0.4, -0.2) is 52.9 Å². The molecule has 0 bridgehead atoms. The van der Waals surface area contributed by atoms with Gasteiger partial charge in [-0.2, -0.15) is 4.31 Å². The number of benzene rings is 3. The van der Waals surface area contributed by atoms with Gasteiger partial charge in [0, 0.05) is 25.7 Å². The first-order valence-electron chi connectivity index (χ1n) is 13.4. The molecule has 1 aliphatic rings. The van der Waals surface area contributed by atoms with Gasteiger partial charge >= 0.3 is 0 Å². The zero-order valence-corrected chi connectivity index (χ0v) is 24.1. The molecule has 7 nitrogen and oxygen atoms in total. The maximum Gasteiger partial charge on any atom is 0.261 e. The number of sulfonamides is 1. The first-order valence-corrected chi connectivity index (χ1v) is 14.9. The van der Waals surface area contributed by atoms with Crippen LogP contribution in [0.1, 0.15) is 48.0 Å². The number of fused-ring (bicyclic) bond motifs is 1. The highest BCUT2D eigenvalue weighted by molar-refractivity contribution is 7.89. The molecule has 0 amide bonds. The van der Waals surface area contributed by atoms with Crippen LogP contribution in [0.5, 0.6) is 0 Å². The second-order valence-electron chi connectivity index (χ2n) is 10.7. The van der Waals surface area contributed by atoms with E-state index < -0.39 is 10.0 Å². The molecule has 2 unspecified atom stereocenters. The Bertz CT molecular complexity index is 1660. The van der Waals surface area contributed by atoms with Crippen molar-refractivity contribution >= 4 is 20.9 Å². The number of aryl methyl sites for hydroxylation is 3. The summed E-state index contributed by atoms with van der Waals surface area (Å²) < 4.78 is 31.0. The first kappa shape index (κ1) is 27.2. The van der Waals surface area contributed by atoms with Crippen molar-refractivity contribution in [3.63, 3.8) is 0 Å². The summed E-state index contributed by atoms with van der Waals surface area (Å²) in [6.45, 7) is 11.6. The Morgan fingerprint density at radius 3 is 2.26 bits per heavy atom. The van der Waals surface area contributed by atoms with Crippen LogP contribution in [0.3, 0.4) is 0 Å². The number of aromatic nitrogens is 2. The molecule has 2 atom stereocenters. The van der Waals surface area contributed by atoms with Crippen LogP contribution in [0.2, 0.25) is 0 Å². The lowest BCUT2D eigenvalue weighted by Gasteiger charge is -2.42. The zero-order valence-electron chi connectivity index (χ0n) is 23.3. The third kappa shape index (κ3) is 5.16. The number of hydrogen-bond acceptors (Lipinski definition) is 5. The Morgan fingerprint density at radius 1 is 0.949 bits per heavy atom. The van der Waals surface area contributed by atoms with Gasteiger partial charge < -0.3 is 0 Å². The summed E-state index contributed by atoms with van der Waals surface area (Å²) in [6, 6.07) is 20.8. The van der Waals surface area contributed by atoms with Crippen molar-refractivity contribution in [2.75, 3.05) is 19.6 Å². The molecule has 0 radical (unpaired) electrons. The zero-order chi connectivity index (χ0) is 27.9. The fourth-order valence-corrected chi connectivity index (χ4v) is 7.98. The van der Waals surface area contributed by atoms with E-state index in [0.29, 0.717) is 47.8 Å². The summed E-state index contributed by atoms with van der Waals surface area (Å²) in [5, 5.41) is 0.595. The van der Waals surface area contributed by atoms with Gasteiger partial charge in [-0.05, 0) is 63.4 Å². The third-order valence-electron chi connectivity index (χ3n) is 7.77. The lowest BCUT2D eigenvalue weighted by atomic mass is 10.1. The fourth-order valence-electron chi connectivity index (χ4n) is 5.96. The van der Waals surface area contributed by atoms with Crippen molar-refractivity contribution in [3.05, 3.63) is 105 Å². The van der Waals surface area contributed by atoms with Gasteiger partial charge in [-0.25, -0.2) is 13.4 Å². The SMILES string of the molecule is Cc1cc(C)c(S(=O)(=O)N2CCN(C(C)c3nc4ccccc4c(=O)n3Cc3ccccc3)CC2C)c(C)c1. The summed E-state index contributed by atoms with van der Waals surface area (Å²) in [7, 11) is -3.65. The lowest BCUT2D eigenvalue weighted by molar-refractivity contribution is 0.103. The molecule has 1 aliphatic heterocycles. The maximum atomic E-state index is 13.8. The molecule has 4 aromatic rings. The average molecular weight is 545 g/mol. The van der Waals surface area contributed by atoms with E-state index in [9.17, 15) is 13.2 Å². The maximum absolute atomic E-state index is 13.8. The van der Waals surface area contributed by atoms with Gasteiger partial charge in [-0.3, -0.25) is 14.3 Å². The van der Waals surface area contributed by atoms with Gasteiger partial charge in [0.15, 0.2) is 0 Å². The molecular weight excluding hydrogens is 508 g/mol. The molecule has 3 aromatic carbocycles. The molecule has 204 valence electrons. The van der Waals surface area contributed by atoms with E-state index in [1.165, 1.54) is 0 Å². The van der Waals surface area contributed by atoms with Crippen molar-refractivity contribution < 1.29 is 8.42 Å². The van der Waals surface area contributed by atoms with Crippen molar-refractivity contribution in [1.29, 1.82) is 0 Å². The van der Waals surface area contributed by atoms with Gasteiger partial charge in [-0.15, -0.1) is 0 Å². The Labute approximate surface area is 230 Å². The van der Waals surface area contributed by atoms with Gasteiger partial charge in [0.1, 0.15) is 5.82 Å². The van der Waals surface area contributed by atoms with Crippen LogP contribution in [0.25, 0.3) is 10.9 Å². The minimum absolute atomic E-state index is 0.0640. The Hall–Kier alpha value is -3.33. The lowest BCUT2D eigenvalue weighted by Crippen LogP contribution is -2.54. The average Bonchev–Trinajstić information content (AvgIpc) is 2.89. The molecule has 5 rings (SSSR count). The quantitative estimate of drug-likeness (QED) is 0.348. The summed E-state index contributed by atoms with van der Waals surface area (Å²) in [4.78, 5) is 21.3. The number of hydrogen-bond donors (Lipinski definition) is 0. The molecule has 2 heterocycles. The van der Waals surface area contributed by atoms with Crippen LogP contribution < -0.4 is 5.56 Å². The smallest absolute Gasteiger partial charge is 0.261 e. The molecule has 8 heteroatoms. The van der Waals surface area contributed by atoms with Crippen LogP contribution in [-0.2, 0) is 16.6 Å². The Kier molecular flexibility index (Phi) is 7.46. The summed E-state index contributed by atoms with van der Waals surface area (Å²) in [5.41, 5.74) is 4.25. The molecule has 1 fully saturated rings. The summed E-state index contributed by atoms with van der Waals surface area (Å²) >= 11 is 0. The number of piperazine rings is 1. The van der Waals surface area contributed by atoms with E-state index in [0.717, 1.165) is 22.3 Å². The highest BCUT2D eigenvalue weighted by atomic mass is 32.2. The molecule has 0 N–H and O–H groups in total. The standard InChI is InChI=1S/C31H36N4O3S/c1-21-17-22(2)29(23(3)18-21)39(37,38)35-16-15-33(19-24(35)4)25(5)30-32-28-14-10-9-13-27(28)31(36)34(30)20-26-11-7-6-8-12-26/h6-14,17-18,24-25H,15-16,19-20H2,1-5H3. The van der Waals surface area contributed by atoms with E-state index in [2.05, 4.69) is 11.8 Å². The van der Waals surface area contributed by atoms with E-state index in [-0.39, 0.29) is 17.6 Å². The van der Waals surface area contributed by atoms with E-state index in [1.807, 2.05) is 94.4 Å². The molecule has 39 heavy (non-hydrogen) atoms. The Balaban J connectivity index is 1.47. The highest BCUT2D eigenvalue weighted by Gasteiger charge is 2.37. The predicted molar refractivity (Wildman–Crippen MR) is 156 cm³/mol. The topological polar surface area (TPSA) is 75.5 Å². The monoisotopic (exact) mass is 544 g/mol. The van der Waals surface area contributed by atoms with E-state index in [1.54, 1.807) is 8.87 Å². The largest absolute Gasteiger partial charge is 0.291 e. The van der Waals surface area contributed by atoms with Crippen molar-refractivity contribution in [2.45, 2.75) is 58.1 Å². The van der Waals surface area contributed by atoms with Crippen LogP contribution >= 0.6 is 0 Å². The van der Waals surface area contributed by atoms with Crippen molar-refractivity contribution in [2.24, 2.45) is 0 Å². The van der Waals surface area contributed by atoms with Gasteiger partial charge in [0.05, 0.1) is 28.4 Å². The molecule has 1 aromatic heterocycles. The number of rotatable bonds is 6. The van der Waals surface area contributed by atoms with Crippen molar-refractivity contribution in [3.8, 4) is 0 Å². The highest BCUT2D eigenvalue weighted by Crippen LogP contribution is 2.30.